The maximum Gasteiger partial charge on any atom is 0.318 e. The van der Waals surface area contributed by atoms with Crippen molar-refractivity contribution in [3.63, 3.8) is 0 Å². The Bertz CT molecular complexity index is 1740. The van der Waals surface area contributed by atoms with Crippen LogP contribution in [0.25, 0.3) is 10.8 Å². The van der Waals surface area contributed by atoms with Gasteiger partial charge in [-0.2, -0.15) is 15.2 Å². The minimum absolute atomic E-state index is 0.0520. The van der Waals surface area contributed by atoms with E-state index in [0.717, 1.165) is 40.1 Å². The Hall–Kier alpha value is -3.59. The highest BCUT2D eigenvalue weighted by molar-refractivity contribution is 8.08. The van der Waals surface area contributed by atoms with Crippen molar-refractivity contribution in [2.24, 2.45) is 0 Å². The number of carbonyl (C=O) groups excluding carboxylic acids is 1. The quantitative estimate of drug-likeness (QED) is 0.216. The molecule has 1 aromatic heterocycles. The molecule has 9 nitrogen and oxygen atoms in total. The van der Waals surface area contributed by atoms with E-state index >= 15 is 0 Å². The third kappa shape index (κ3) is 5.76. The number of amides is 1. The molecule has 3 aromatic rings. The summed E-state index contributed by atoms with van der Waals surface area (Å²) in [4.78, 5) is 30.8. The third-order valence-electron chi connectivity index (χ3n) is 9.88. The van der Waals surface area contributed by atoms with Crippen LogP contribution >= 0.6 is 23.4 Å². The van der Waals surface area contributed by atoms with Crippen LogP contribution in [0, 0.1) is 11.3 Å². The van der Waals surface area contributed by atoms with E-state index in [-0.39, 0.29) is 17.8 Å². The van der Waals surface area contributed by atoms with E-state index in [1.807, 2.05) is 23.9 Å². The van der Waals surface area contributed by atoms with Crippen molar-refractivity contribution in [1.29, 1.82) is 5.26 Å². The van der Waals surface area contributed by atoms with Gasteiger partial charge in [0.2, 0.25) is 0 Å². The number of nitriles is 1. The van der Waals surface area contributed by atoms with Crippen molar-refractivity contribution < 1.29 is 13.9 Å². The van der Waals surface area contributed by atoms with Crippen LogP contribution < -0.4 is 14.5 Å². The predicted octanol–water partition coefficient (Wildman–Crippen LogP) is 5.56. The molecule has 1 unspecified atom stereocenters. The van der Waals surface area contributed by atoms with Crippen LogP contribution in [0.15, 0.2) is 48.8 Å². The van der Waals surface area contributed by atoms with Gasteiger partial charge in [-0.1, -0.05) is 42.4 Å². The van der Waals surface area contributed by atoms with Gasteiger partial charge in [-0.3, -0.25) is 9.69 Å². The molecule has 46 heavy (non-hydrogen) atoms. The number of hydrogen-bond acceptors (Lipinski definition) is 9. The number of anilines is 2. The number of piperazine rings is 1. The van der Waals surface area contributed by atoms with E-state index in [9.17, 15) is 14.4 Å². The molecule has 240 valence electrons. The van der Waals surface area contributed by atoms with E-state index in [4.69, 9.17) is 26.3 Å². The van der Waals surface area contributed by atoms with E-state index in [0.29, 0.717) is 55.0 Å². The largest absolute Gasteiger partial charge is 0.462 e. The fourth-order valence-corrected chi connectivity index (χ4v) is 8.41. The lowest BCUT2D eigenvalue weighted by Gasteiger charge is -2.42. The van der Waals surface area contributed by atoms with Crippen molar-refractivity contribution in [2.45, 2.75) is 61.4 Å². The van der Waals surface area contributed by atoms with Crippen molar-refractivity contribution >= 4 is 51.5 Å². The van der Waals surface area contributed by atoms with Crippen molar-refractivity contribution in [1.82, 2.24) is 19.8 Å². The molecule has 7 rings (SSSR count). The molecule has 0 radical (unpaired) electrons. The first-order valence-electron chi connectivity index (χ1n) is 15.8. The standard InChI is InChI=1S/C34H37ClFN7O2S/c1-21(36)32(44)43-17-16-42(18-24(43)12-14-37)31-25-13-15-41(28-9-5-7-22-6-4-8-26(35)30(22)28)19-27(25)38-33(39-31)45-20-29-34(2,46-29)40(3)23-10-11-23/h4-9,23-24,29H,1,10-13,15-20H2,2-3H3/t24-,29?,34-/m0/s1. The number of carbonyl (C=O) groups is 1. The van der Waals surface area contributed by atoms with Gasteiger partial charge in [-0.25, -0.2) is 4.39 Å². The molecule has 1 aliphatic carbocycles. The first-order chi connectivity index (χ1) is 22.2. The Morgan fingerprint density at radius 1 is 1.22 bits per heavy atom. The lowest BCUT2D eigenvalue weighted by molar-refractivity contribution is -0.131. The van der Waals surface area contributed by atoms with Gasteiger partial charge < -0.3 is 19.4 Å². The Labute approximate surface area is 277 Å². The highest BCUT2D eigenvalue weighted by atomic mass is 35.5. The molecule has 0 bridgehead atoms. The molecule has 1 saturated carbocycles. The molecule has 2 saturated heterocycles. The van der Waals surface area contributed by atoms with Crippen LogP contribution in [0.3, 0.4) is 0 Å². The average Bonchev–Trinajstić information content (AvgIpc) is 4.00. The van der Waals surface area contributed by atoms with Gasteiger partial charge >= 0.3 is 6.01 Å². The smallest absolute Gasteiger partial charge is 0.318 e. The molecule has 3 atom stereocenters. The molecule has 12 heteroatoms. The lowest BCUT2D eigenvalue weighted by Crippen LogP contribution is -2.55. The summed E-state index contributed by atoms with van der Waals surface area (Å²) < 4.78 is 20.2. The third-order valence-corrected chi connectivity index (χ3v) is 11.9. The van der Waals surface area contributed by atoms with Crippen LogP contribution in [0.2, 0.25) is 5.02 Å². The fraction of sp³-hybridized carbons (Fsp3) is 0.471. The molecule has 0 spiro atoms. The minimum atomic E-state index is -1.02. The average molecular weight is 662 g/mol. The topological polar surface area (TPSA) is 88.8 Å². The molecule has 4 aliphatic rings. The molecule has 3 fully saturated rings. The summed E-state index contributed by atoms with van der Waals surface area (Å²) in [7, 11) is 2.20. The van der Waals surface area contributed by atoms with Crippen LogP contribution in [-0.2, 0) is 17.8 Å². The van der Waals surface area contributed by atoms with Crippen LogP contribution in [0.1, 0.15) is 37.4 Å². The second-order valence-electron chi connectivity index (χ2n) is 12.7. The Balaban J connectivity index is 1.19. The fourth-order valence-electron chi connectivity index (χ4n) is 6.94. The van der Waals surface area contributed by atoms with Crippen LogP contribution in [0.5, 0.6) is 6.01 Å². The van der Waals surface area contributed by atoms with Gasteiger partial charge in [0.25, 0.3) is 5.91 Å². The second-order valence-corrected chi connectivity index (χ2v) is 14.8. The van der Waals surface area contributed by atoms with Crippen LogP contribution in [0.4, 0.5) is 15.9 Å². The Morgan fingerprint density at radius 3 is 2.74 bits per heavy atom. The minimum Gasteiger partial charge on any atom is -0.462 e. The highest BCUT2D eigenvalue weighted by Gasteiger charge is 2.57. The van der Waals surface area contributed by atoms with Gasteiger partial charge in [-0.15, -0.1) is 11.8 Å². The van der Waals surface area contributed by atoms with E-state index in [2.05, 4.69) is 65.6 Å². The van der Waals surface area contributed by atoms with Crippen molar-refractivity contribution in [2.75, 3.05) is 49.6 Å². The SMILES string of the molecule is C=C(F)C(=O)N1CCN(c2nc(OCC3S[C@]3(C)N(C)C3CC3)nc3c2CCN(c2cccc4cccc(Cl)c24)C3)C[C@@H]1CC#N. The van der Waals surface area contributed by atoms with E-state index in [1.54, 1.807) is 0 Å². The molecule has 0 N–H and O–H groups in total. The second kappa shape index (κ2) is 12.2. The molecule has 3 aliphatic heterocycles. The zero-order chi connectivity index (χ0) is 32.2. The maximum atomic E-state index is 13.9. The number of ether oxygens (including phenoxy) is 1. The number of benzene rings is 2. The van der Waals surface area contributed by atoms with Gasteiger partial charge in [0.15, 0.2) is 5.83 Å². The summed E-state index contributed by atoms with van der Waals surface area (Å²) in [5.74, 6) is -1.03. The summed E-state index contributed by atoms with van der Waals surface area (Å²) in [6.07, 6.45) is 3.27. The zero-order valence-corrected chi connectivity index (χ0v) is 27.7. The monoisotopic (exact) mass is 661 g/mol. The van der Waals surface area contributed by atoms with Gasteiger partial charge in [0.1, 0.15) is 12.4 Å². The lowest BCUT2D eigenvalue weighted by atomic mass is 10.0. The highest BCUT2D eigenvalue weighted by Crippen LogP contribution is 2.57. The van der Waals surface area contributed by atoms with Gasteiger partial charge in [0.05, 0.1) is 45.9 Å². The summed E-state index contributed by atoms with van der Waals surface area (Å²) in [6, 6.07) is 14.8. The number of nitrogens with zero attached hydrogens (tertiary/aromatic N) is 7. The summed E-state index contributed by atoms with van der Waals surface area (Å²) in [5, 5.41) is 12.7. The molecule has 4 heterocycles. The Morgan fingerprint density at radius 2 is 2.00 bits per heavy atom. The number of hydrogen-bond donors (Lipinski definition) is 0. The number of fused-ring (bicyclic) bond motifs is 2. The molecule has 1 amide bonds. The van der Waals surface area contributed by atoms with E-state index < -0.39 is 17.8 Å². The van der Waals surface area contributed by atoms with Crippen molar-refractivity contribution in [3.05, 3.63) is 65.1 Å². The van der Waals surface area contributed by atoms with Gasteiger partial charge in [0, 0.05) is 48.9 Å². The predicted molar refractivity (Wildman–Crippen MR) is 180 cm³/mol. The summed E-state index contributed by atoms with van der Waals surface area (Å²) >= 11 is 8.62. The van der Waals surface area contributed by atoms with Gasteiger partial charge in [-0.05, 0) is 50.8 Å². The van der Waals surface area contributed by atoms with Crippen LogP contribution in [-0.4, -0.2) is 87.7 Å². The number of halogens is 2. The zero-order valence-electron chi connectivity index (χ0n) is 26.1. The Kier molecular flexibility index (Phi) is 8.24. The molecule has 2 aromatic carbocycles. The molecular formula is C34H37ClFN7O2S. The summed E-state index contributed by atoms with van der Waals surface area (Å²) in [6.45, 7) is 8.30. The molecular weight excluding hydrogens is 625 g/mol. The van der Waals surface area contributed by atoms with Crippen molar-refractivity contribution in [3.8, 4) is 12.1 Å². The first-order valence-corrected chi connectivity index (χ1v) is 17.1. The number of thioether (sulfide) groups is 1. The number of rotatable bonds is 9. The summed E-state index contributed by atoms with van der Waals surface area (Å²) in [5.41, 5.74) is 2.96. The maximum absolute atomic E-state index is 13.9. The normalized spacial score (nSPS) is 24.1. The van der Waals surface area contributed by atoms with E-state index in [1.165, 1.54) is 17.7 Å². The first kappa shape index (κ1) is 31.0. The number of aromatic nitrogens is 2.